The van der Waals surface area contributed by atoms with Crippen LogP contribution in [0.2, 0.25) is 0 Å². The summed E-state index contributed by atoms with van der Waals surface area (Å²) < 4.78 is 7.77. The Balaban J connectivity index is 1.46. The molecule has 196 valence electrons. The standard InChI is InChI=1S/C28H35N5O2S2/c1-6-28(4,5)18-13-14-19-21(16-29)26(37-23(19)15-18)30-24(34)17-36-27-32-31-25(33(27)7-2)20-11-9-10-12-22(20)35-8-3/h9-12,18H,6-8,13-15,17H2,1-5H3,(H,30,34). The number of carbonyl (C=O) groups excluding carboxylic acids is 1. The highest BCUT2D eigenvalue weighted by molar-refractivity contribution is 7.99. The molecule has 3 aromatic rings. The normalized spacial score (nSPS) is 15.2. The molecule has 37 heavy (non-hydrogen) atoms. The van der Waals surface area contributed by atoms with Crippen LogP contribution in [0.5, 0.6) is 5.75 Å². The van der Waals surface area contributed by atoms with E-state index in [0.29, 0.717) is 34.8 Å². The molecule has 0 saturated heterocycles. The topological polar surface area (TPSA) is 92.8 Å². The molecule has 0 bridgehead atoms. The lowest BCUT2D eigenvalue weighted by Gasteiger charge is -2.36. The number of anilines is 1. The minimum atomic E-state index is -0.146. The number of thioether (sulfide) groups is 1. The number of nitrogens with zero attached hydrogens (tertiary/aromatic N) is 4. The van der Waals surface area contributed by atoms with Gasteiger partial charge in [0.2, 0.25) is 5.91 Å². The number of carbonyl (C=O) groups is 1. The van der Waals surface area contributed by atoms with E-state index in [9.17, 15) is 10.1 Å². The predicted molar refractivity (Wildman–Crippen MR) is 150 cm³/mol. The van der Waals surface area contributed by atoms with Crippen molar-refractivity contribution in [3.05, 3.63) is 40.3 Å². The molecule has 1 unspecified atom stereocenters. The lowest BCUT2D eigenvalue weighted by Crippen LogP contribution is -2.28. The first-order valence-electron chi connectivity index (χ1n) is 13.0. The predicted octanol–water partition coefficient (Wildman–Crippen LogP) is 6.57. The molecule has 1 atom stereocenters. The van der Waals surface area contributed by atoms with E-state index < -0.39 is 0 Å². The Morgan fingerprint density at radius 1 is 1.30 bits per heavy atom. The Bertz CT molecular complexity index is 1300. The van der Waals surface area contributed by atoms with Gasteiger partial charge < -0.3 is 14.6 Å². The molecule has 1 amide bonds. The summed E-state index contributed by atoms with van der Waals surface area (Å²) in [6, 6.07) is 10.1. The minimum absolute atomic E-state index is 0.146. The summed E-state index contributed by atoms with van der Waals surface area (Å²) in [5.74, 6) is 2.11. The Morgan fingerprint density at radius 3 is 2.78 bits per heavy atom. The minimum Gasteiger partial charge on any atom is -0.493 e. The Labute approximate surface area is 227 Å². The largest absolute Gasteiger partial charge is 0.493 e. The van der Waals surface area contributed by atoms with Crippen LogP contribution in [0, 0.1) is 22.7 Å². The fourth-order valence-electron chi connectivity index (χ4n) is 4.85. The summed E-state index contributed by atoms with van der Waals surface area (Å²) in [6.45, 7) is 12.1. The van der Waals surface area contributed by atoms with E-state index in [0.717, 1.165) is 48.4 Å². The molecule has 2 aromatic heterocycles. The van der Waals surface area contributed by atoms with E-state index in [1.807, 2.05) is 42.7 Å². The van der Waals surface area contributed by atoms with Gasteiger partial charge in [0, 0.05) is 11.4 Å². The number of benzene rings is 1. The van der Waals surface area contributed by atoms with Crippen LogP contribution >= 0.6 is 23.1 Å². The number of rotatable bonds is 10. The first-order valence-corrected chi connectivity index (χ1v) is 14.8. The number of hydrogen-bond acceptors (Lipinski definition) is 7. The zero-order chi connectivity index (χ0) is 26.6. The van der Waals surface area contributed by atoms with E-state index in [1.54, 1.807) is 11.3 Å². The van der Waals surface area contributed by atoms with Gasteiger partial charge >= 0.3 is 0 Å². The summed E-state index contributed by atoms with van der Waals surface area (Å²) in [6.07, 6.45) is 4.10. The highest BCUT2D eigenvalue weighted by atomic mass is 32.2. The fraction of sp³-hybridized carbons (Fsp3) is 0.500. The van der Waals surface area contributed by atoms with Gasteiger partial charge in [-0.2, -0.15) is 5.26 Å². The molecule has 0 saturated carbocycles. The van der Waals surface area contributed by atoms with Gasteiger partial charge in [0.25, 0.3) is 0 Å². The molecule has 7 nitrogen and oxygen atoms in total. The summed E-state index contributed by atoms with van der Waals surface area (Å²) in [5.41, 5.74) is 2.91. The Kier molecular flexibility index (Phi) is 8.60. The van der Waals surface area contributed by atoms with Crippen molar-refractivity contribution >= 4 is 34.0 Å². The molecule has 0 radical (unpaired) electrons. The van der Waals surface area contributed by atoms with Gasteiger partial charge in [0.15, 0.2) is 11.0 Å². The molecular formula is C28H35N5O2S2. The maximum absolute atomic E-state index is 12.9. The van der Waals surface area contributed by atoms with Gasteiger partial charge in [0.05, 0.1) is 23.5 Å². The molecule has 9 heteroatoms. The molecule has 2 heterocycles. The highest BCUT2D eigenvalue weighted by Crippen LogP contribution is 2.45. The maximum Gasteiger partial charge on any atom is 0.235 e. The van der Waals surface area contributed by atoms with E-state index in [4.69, 9.17) is 4.74 Å². The van der Waals surface area contributed by atoms with Crippen LogP contribution in [0.15, 0.2) is 29.4 Å². The molecule has 1 aliphatic rings. The fourth-order valence-corrected chi connectivity index (χ4v) is 6.95. The third kappa shape index (κ3) is 5.70. The van der Waals surface area contributed by atoms with Gasteiger partial charge in [-0.25, -0.2) is 0 Å². The van der Waals surface area contributed by atoms with Crippen molar-refractivity contribution in [1.29, 1.82) is 5.26 Å². The molecular weight excluding hydrogens is 502 g/mol. The lowest BCUT2D eigenvalue weighted by molar-refractivity contribution is -0.113. The summed E-state index contributed by atoms with van der Waals surface area (Å²) in [5, 5.41) is 23.0. The third-order valence-corrected chi connectivity index (χ3v) is 9.58. The molecule has 4 rings (SSSR count). The van der Waals surface area contributed by atoms with Crippen molar-refractivity contribution in [1.82, 2.24) is 14.8 Å². The number of ether oxygens (including phenoxy) is 1. The van der Waals surface area contributed by atoms with Crippen molar-refractivity contribution in [3.8, 4) is 23.2 Å². The summed E-state index contributed by atoms with van der Waals surface area (Å²) >= 11 is 2.92. The number of aromatic nitrogens is 3. The van der Waals surface area contributed by atoms with Crippen molar-refractivity contribution in [3.63, 3.8) is 0 Å². The van der Waals surface area contributed by atoms with Crippen LogP contribution in [-0.4, -0.2) is 33.0 Å². The smallest absolute Gasteiger partial charge is 0.235 e. The second-order valence-electron chi connectivity index (χ2n) is 9.92. The zero-order valence-electron chi connectivity index (χ0n) is 22.3. The average molecular weight is 538 g/mol. The molecule has 1 aromatic carbocycles. The number of nitriles is 1. The molecule has 0 aliphatic heterocycles. The van der Waals surface area contributed by atoms with Crippen molar-refractivity contribution in [2.45, 2.75) is 72.0 Å². The highest BCUT2D eigenvalue weighted by Gasteiger charge is 2.34. The Morgan fingerprint density at radius 2 is 2.08 bits per heavy atom. The van der Waals surface area contributed by atoms with E-state index in [2.05, 4.69) is 42.4 Å². The molecule has 0 fully saturated rings. The van der Waals surface area contributed by atoms with Crippen molar-refractivity contribution in [2.24, 2.45) is 11.3 Å². The van der Waals surface area contributed by atoms with E-state index in [1.165, 1.54) is 16.6 Å². The SMILES string of the molecule is CCOc1ccccc1-c1nnc(SCC(=O)Nc2sc3c(c2C#N)CCC(C(C)(C)CC)C3)n1CC. The van der Waals surface area contributed by atoms with Crippen LogP contribution in [0.25, 0.3) is 11.4 Å². The number of fused-ring (bicyclic) bond motifs is 1. The second kappa shape index (κ2) is 11.7. The third-order valence-electron chi connectivity index (χ3n) is 7.44. The van der Waals surface area contributed by atoms with E-state index >= 15 is 0 Å². The number of hydrogen-bond donors (Lipinski definition) is 1. The monoisotopic (exact) mass is 537 g/mol. The van der Waals surface area contributed by atoms with Gasteiger partial charge in [-0.1, -0.05) is 51.1 Å². The van der Waals surface area contributed by atoms with Crippen LogP contribution in [0.3, 0.4) is 0 Å². The van der Waals surface area contributed by atoms with Gasteiger partial charge in [-0.05, 0) is 62.1 Å². The molecule has 0 spiro atoms. The van der Waals surface area contributed by atoms with Crippen molar-refractivity contribution in [2.75, 3.05) is 17.7 Å². The van der Waals surface area contributed by atoms with Gasteiger partial charge in [-0.3, -0.25) is 4.79 Å². The first kappa shape index (κ1) is 27.2. The molecule has 1 aliphatic carbocycles. The molecule has 1 N–H and O–H groups in total. The lowest BCUT2D eigenvalue weighted by atomic mass is 9.69. The van der Waals surface area contributed by atoms with Crippen LogP contribution in [0.1, 0.15) is 63.5 Å². The Hall–Kier alpha value is -2.83. The van der Waals surface area contributed by atoms with Crippen LogP contribution in [-0.2, 0) is 24.2 Å². The zero-order valence-corrected chi connectivity index (χ0v) is 23.9. The first-order chi connectivity index (χ1) is 17.8. The second-order valence-corrected chi connectivity index (χ2v) is 12.0. The quantitative estimate of drug-likeness (QED) is 0.294. The van der Waals surface area contributed by atoms with Gasteiger partial charge in [0.1, 0.15) is 16.8 Å². The number of para-hydroxylation sites is 1. The van der Waals surface area contributed by atoms with Crippen LogP contribution in [0.4, 0.5) is 5.00 Å². The number of nitrogens with one attached hydrogen (secondary N) is 1. The van der Waals surface area contributed by atoms with E-state index in [-0.39, 0.29) is 17.1 Å². The maximum atomic E-state index is 12.9. The van der Waals surface area contributed by atoms with Crippen LogP contribution < -0.4 is 10.1 Å². The van der Waals surface area contributed by atoms with Crippen molar-refractivity contribution < 1.29 is 9.53 Å². The number of thiophene rings is 1. The number of amides is 1. The average Bonchev–Trinajstić information content (AvgIpc) is 3.47. The summed E-state index contributed by atoms with van der Waals surface area (Å²) in [4.78, 5) is 14.2. The summed E-state index contributed by atoms with van der Waals surface area (Å²) in [7, 11) is 0. The van der Waals surface area contributed by atoms with Gasteiger partial charge in [-0.15, -0.1) is 21.5 Å².